The average Bonchev–Trinajstić information content (AvgIpc) is 2.49. The minimum atomic E-state index is -0.267. The predicted molar refractivity (Wildman–Crippen MR) is 81.2 cm³/mol. The largest absolute Gasteiger partial charge is 0.340 e. The van der Waals surface area contributed by atoms with Crippen LogP contribution in [0.5, 0.6) is 0 Å². The average molecular weight is 311 g/mol. The zero-order valence-electron chi connectivity index (χ0n) is 12.2. The molecule has 2 amide bonds. The summed E-state index contributed by atoms with van der Waals surface area (Å²) in [5.74, 6) is 0.455. The first-order chi connectivity index (χ1) is 9.97. The SMILES string of the molecule is CC(=O)N1CCN(C(C)C(=O)Nc2ccc(Cl)cn2)CC1. The highest BCUT2D eigenvalue weighted by Crippen LogP contribution is 2.12. The van der Waals surface area contributed by atoms with Crippen LogP contribution < -0.4 is 5.32 Å². The van der Waals surface area contributed by atoms with Crippen molar-refractivity contribution in [3.63, 3.8) is 0 Å². The maximum atomic E-state index is 12.2. The van der Waals surface area contributed by atoms with Crippen molar-refractivity contribution in [3.05, 3.63) is 23.4 Å². The van der Waals surface area contributed by atoms with E-state index >= 15 is 0 Å². The molecular weight excluding hydrogens is 292 g/mol. The molecule has 1 N–H and O–H groups in total. The fourth-order valence-corrected chi connectivity index (χ4v) is 2.38. The van der Waals surface area contributed by atoms with E-state index in [2.05, 4.69) is 15.2 Å². The van der Waals surface area contributed by atoms with Crippen LogP contribution in [-0.4, -0.2) is 58.8 Å². The van der Waals surface area contributed by atoms with E-state index in [1.54, 1.807) is 24.0 Å². The molecule has 1 aliphatic heterocycles. The number of rotatable bonds is 3. The molecule has 0 spiro atoms. The number of nitrogens with one attached hydrogen (secondary N) is 1. The van der Waals surface area contributed by atoms with Crippen LogP contribution >= 0.6 is 11.6 Å². The van der Waals surface area contributed by atoms with E-state index in [-0.39, 0.29) is 17.9 Å². The predicted octanol–water partition coefficient (Wildman–Crippen LogP) is 1.23. The Morgan fingerprint density at radius 1 is 1.29 bits per heavy atom. The molecule has 2 heterocycles. The quantitative estimate of drug-likeness (QED) is 0.912. The van der Waals surface area contributed by atoms with E-state index in [0.717, 1.165) is 0 Å². The van der Waals surface area contributed by atoms with Crippen LogP contribution in [-0.2, 0) is 9.59 Å². The minimum absolute atomic E-state index is 0.0807. The molecule has 1 saturated heterocycles. The third-order valence-electron chi connectivity index (χ3n) is 3.67. The number of carbonyl (C=O) groups is 2. The monoisotopic (exact) mass is 310 g/mol. The van der Waals surface area contributed by atoms with Crippen molar-refractivity contribution in [1.82, 2.24) is 14.8 Å². The Bertz CT molecular complexity index is 512. The van der Waals surface area contributed by atoms with Gasteiger partial charge in [-0.3, -0.25) is 14.5 Å². The Balaban J connectivity index is 1.88. The molecule has 114 valence electrons. The highest BCUT2D eigenvalue weighted by molar-refractivity contribution is 6.30. The van der Waals surface area contributed by atoms with E-state index in [4.69, 9.17) is 11.6 Å². The summed E-state index contributed by atoms with van der Waals surface area (Å²) in [5.41, 5.74) is 0. The number of nitrogens with zero attached hydrogens (tertiary/aromatic N) is 3. The van der Waals surface area contributed by atoms with Crippen molar-refractivity contribution in [3.8, 4) is 0 Å². The molecule has 2 rings (SSSR count). The van der Waals surface area contributed by atoms with Gasteiger partial charge in [-0.05, 0) is 19.1 Å². The molecule has 7 heteroatoms. The Hall–Kier alpha value is -1.66. The standard InChI is InChI=1S/C14H19ClN4O2/c1-10(18-5-7-19(8-6-18)11(2)20)14(21)17-13-4-3-12(15)9-16-13/h3-4,9-10H,5-8H2,1-2H3,(H,16,17,21). The van der Waals surface area contributed by atoms with E-state index in [1.807, 2.05) is 6.92 Å². The van der Waals surface area contributed by atoms with Gasteiger partial charge >= 0.3 is 0 Å². The van der Waals surface area contributed by atoms with Gasteiger partial charge < -0.3 is 10.2 Å². The van der Waals surface area contributed by atoms with Crippen molar-refractivity contribution in [2.24, 2.45) is 0 Å². The number of aromatic nitrogens is 1. The molecule has 0 bridgehead atoms. The Labute approximate surface area is 129 Å². The molecule has 0 radical (unpaired) electrons. The maximum absolute atomic E-state index is 12.2. The highest BCUT2D eigenvalue weighted by atomic mass is 35.5. The number of hydrogen-bond donors (Lipinski definition) is 1. The third-order valence-corrected chi connectivity index (χ3v) is 3.89. The smallest absolute Gasteiger partial charge is 0.242 e. The summed E-state index contributed by atoms with van der Waals surface area (Å²) in [7, 11) is 0. The van der Waals surface area contributed by atoms with Gasteiger partial charge in [0.05, 0.1) is 11.1 Å². The number of carbonyl (C=O) groups excluding carboxylic acids is 2. The lowest BCUT2D eigenvalue weighted by atomic mass is 10.2. The minimum Gasteiger partial charge on any atom is -0.340 e. The first-order valence-corrected chi connectivity index (χ1v) is 7.27. The van der Waals surface area contributed by atoms with Gasteiger partial charge in [-0.15, -0.1) is 0 Å². The lowest BCUT2D eigenvalue weighted by Gasteiger charge is -2.36. The Morgan fingerprint density at radius 2 is 1.95 bits per heavy atom. The van der Waals surface area contributed by atoms with Gasteiger partial charge in [0.1, 0.15) is 5.82 Å². The first kappa shape index (κ1) is 15.7. The van der Waals surface area contributed by atoms with E-state index < -0.39 is 0 Å². The van der Waals surface area contributed by atoms with E-state index in [1.165, 1.54) is 6.20 Å². The Morgan fingerprint density at radius 3 is 2.48 bits per heavy atom. The summed E-state index contributed by atoms with van der Waals surface area (Å²) < 4.78 is 0. The molecule has 0 saturated carbocycles. The zero-order chi connectivity index (χ0) is 15.4. The molecule has 1 unspecified atom stereocenters. The van der Waals surface area contributed by atoms with Crippen molar-refractivity contribution in [2.45, 2.75) is 19.9 Å². The van der Waals surface area contributed by atoms with Gasteiger partial charge in [0.2, 0.25) is 11.8 Å². The summed E-state index contributed by atoms with van der Waals surface area (Å²) in [4.78, 5) is 31.4. The summed E-state index contributed by atoms with van der Waals surface area (Å²) in [6.07, 6.45) is 1.49. The number of halogens is 1. The van der Waals surface area contributed by atoms with Crippen LogP contribution in [0.2, 0.25) is 5.02 Å². The zero-order valence-corrected chi connectivity index (χ0v) is 12.9. The number of hydrogen-bond acceptors (Lipinski definition) is 4. The lowest BCUT2D eigenvalue weighted by Crippen LogP contribution is -2.53. The molecule has 1 atom stereocenters. The molecule has 1 fully saturated rings. The van der Waals surface area contributed by atoms with E-state index in [0.29, 0.717) is 37.0 Å². The second-order valence-electron chi connectivity index (χ2n) is 5.07. The lowest BCUT2D eigenvalue weighted by molar-refractivity contribution is -0.131. The van der Waals surface area contributed by atoms with Crippen molar-refractivity contribution in [2.75, 3.05) is 31.5 Å². The van der Waals surface area contributed by atoms with Gasteiger partial charge in [0.15, 0.2) is 0 Å². The van der Waals surface area contributed by atoms with Gasteiger partial charge in [-0.1, -0.05) is 11.6 Å². The van der Waals surface area contributed by atoms with Crippen LogP contribution in [0.15, 0.2) is 18.3 Å². The summed E-state index contributed by atoms with van der Waals surface area (Å²) in [6, 6.07) is 3.08. The Kier molecular flexibility index (Phi) is 5.14. The first-order valence-electron chi connectivity index (χ1n) is 6.89. The number of pyridine rings is 1. The molecule has 1 aromatic heterocycles. The number of anilines is 1. The molecule has 1 aromatic rings. The van der Waals surface area contributed by atoms with Crippen LogP contribution in [0, 0.1) is 0 Å². The highest BCUT2D eigenvalue weighted by Gasteiger charge is 2.26. The van der Waals surface area contributed by atoms with Crippen molar-refractivity contribution in [1.29, 1.82) is 0 Å². The van der Waals surface area contributed by atoms with E-state index in [9.17, 15) is 9.59 Å². The maximum Gasteiger partial charge on any atom is 0.242 e. The van der Waals surface area contributed by atoms with Crippen molar-refractivity contribution >= 4 is 29.2 Å². The molecule has 6 nitrogen and oxygen atoms in total. The fraction of sp³-hybridized carbons (Fsp3) is 0.500. The van der Waals surface area contributed by atoms with Crippen LogP contribution in [0.4, 0.5) is 5.82 Å². The molecule has 1 aliphatic rings. The molecule has 0 aromatic carbocycles. The van der Waals surface area contributed by atoms with Crippen LogP contribution in [0.25, 0.3) is 0 Å². The van der Waals surface area contributed by atoms with Crippen LogP contribution in [0.3, 0.4) is 0 Å². The summed E-state index contributed by atoms with van der Waals surface area (Å²) in [6.45, 7) is 6.13. The van der Waals surface area contributed by atoms with Gasteiger partial charge in [-0.2, -0.15) is 0 Å². The molecule has 21 heavy (non-hydrogen) atoms. The van der Waals surface area contributed by atoms with Gasteiger partial charge in [0.25, 0.3) is 0 Å². The summed E-state index contributed by atoms with van der Waals surface area (Å²) >= 11 is 5.76. The van der Waals surface area contributed by atoms with Gasteiger partial charge in [-0.25, -0.2) is 4.98 Å². The molecule has 0 aliphatic carbocycles. The van der Waals surface area contributed by atoms with Crippen LogP contribution in [0.1, 0.15) is 13.8 Å². The number of piperazine rings is 1. The third kappa shape index (κ3) is 4.15. The second-order valence-corrected chi connectivity index (χ2v) is 5.51. The fourth-order valence-electron chi connectivity index (χ4n) is 2.27. The van der Waals surface area contributed by atoms with Crippen molar-refractivity contribution < 1.29 is 9.59 Å². The molecular formula is C14H19ClN4O2. The summed E-state index contributed by atoms with van der Waals surface area (Å²) in [5, 5.41) is 3.30. The normalized spacial score (nSPS) is 17.4. The second kappa shape index (κ2) is 6.87. The van der Waals surface area contributed by atoms with Gasteiger partial charge in [0, 0.05) is 39.3 Å². The number of amides is 2. The topological polar surface area (TPSA) is 65.5 Å².